The number of rotatable bonds is 12. The van der Waals surface area contributed by atoms with Crippen LogP contribution in [0.5, 0.6) is 0 Å². The third-order valence-electron chi connectivity index (χ3n) is 6.88. The summed E-state index contributed by atoms with van der Waals surface area (Å²) in [5, 5.41) is 21.0. The Morgan fingerprint density at radius 1 is 0.978 bits per heavy atom. The fraction of sp³-hybridized carbons (Fsp3) is 0.320. The number of hydrogen-bond donors (Lipinski definition) is 6. The van der Waals surface area contributed by atoms with Crippen LogP contribution in [0.25, 0.3) is 11.2 Å². The average Bonchev–Trinajstić information content (AvgIpc) is 3.51. The number of aromatic amines is 1. The van der Waals surface area contributed by atoms with Gasteiger partial charge in [-0.1, -0.05) is 24.3 Å². The molecule has 3 heterocycles. The second-order valence-corrected chi connectivity index (χ2v) is 13.0. The molecule has 242 valence electrons. The van der Waals surface area contributed by atoms with Crippen molar-refractivity contribution in [2.75, 3.05) is 18.9 Å². The number of aliphatic hydroxyl groups is 2. The molecule has 0 aliphatic carbocycles. The second-order valence-electron chi connectivity index (χ2n) is 9.91. The number of imidazole rings is 1. The highest BCUT2D eigenvalue weighted by Crippen LogP contribution is 2.60. The van der Waals surface area contributed by atoms with Gasteiger partial charge in [0.25, 0.3) is 5.56 Å². The maximum Gasteiger partial charge on any atom is 0.481 e. The highest BCUT2D eigenvalue weighted by molar-refractivity contribution is 7.61. The third kappa shape index (κ3) is 7.70. The molecule has 0 amide bonds. The zero-order valence-corrected chi connectivity index (χ0v) is 24.7. The van der Waals surface area contributed by atoms with Crippen molar-refractivity contribution < 1.29 is 56.0 Å². The molecule has 0 bridgehead atoms. The molecule has 1 aliphatic heterocycles. The predicted molar refractivity (Wildman–Crippen MR) is 150 cm³/mol. The third-order valence-corrected chi connectivity index (χ3v) is 9.51. The molecular weight excluding hydrogens is 646 g/mol. The van der Waals surface area contributed by atoms with E-state index in [2.05, 4.69) is 19.3 Å². The van der Waals surface area contributed by atoms with E-state index in [0.717, 1.165) is 10.9 Å². The molecule has 6 atom stereocenters. The topological polar surface area (TPSA) is 242 Å². The number of nitrogens with zero attached hydrogens (tertiary/aromatic N) is 3. The quantitative estimate of drug-likeness (QED) is 0.118. The van der Waals surface area contributed by atoms with E-state index in [9.17, 15) is 42.7 Å². The Morgan fingerprint density at radius 3 is 2.16 bits per heavy atom. The van der Waals surface area contributed by atoms with Crippen molar-refractivity contribution in [2.24, 2.45) is 0 Å². The minimum absolute atomic E-state index is 0.00154. The number of aliphatic hydroxyl groups excluding tert-OH is 2. The number of benzene rings is 2. The predicted octanol–water partition coefficient (Wildman–Crippen LogP) is 2.07. The van der Waals surface area contributed by atoms with Crippen LogP contribution >= 0.6 is 15.6 Å². The lowest BCUT2D eigenvalue weighted by molar-refractivity contribution is -0.0504. The van der Waals surface area contributed by atoms with Gasteiger partial charge >= 0.3 is 15.6 Å². The van der Waals surface area contributed by atoms with E-state index in [-0.39, 0.29) is 23.5 Å². The lowest BCUT2D eigenvalue weighted by Crippen LogP contribution is -2.33. The van der Waals surface area contributed by atoms with Crippen molar-refractivity contribution in [3.05, 3.63) is 88.0 Å². The van der Waals surface area contributed by atoms with Crippen molar-refractivity contribution in [1.82, 2.24) is 19.5 Å². The van der Waals surface area contributed by atoms with Gasteiger partial charge < -0.3 is 30.5 Å². The molecule has 2 unspecified atom stereocenters. The van der Waals surface area contributed by atoms with E-state index >= 15 is 0 Å². The summed E-state index contributed by atoms with van der Waals surface area (Å²) in [4.78, 5) is 42.3. The molecule has 1 aliphatic rings. The van der Waals surface area contributed by atoms with Gasteiger partial charge in [0, 0.05) is 5.92 Å². The van der Waals surface area contributed by atoms with Crippen LogP contribution in [0.4, 0.5) is 14.7 Å². The fourth-order valence-corrected chi connectivity index (χ4v) is 6.86. The summed E-state index contributed by atoms with van der Waals surface area (Å²) in [6.07, 6.45) is -5.09. The van der Waals surface area contributed by atoms with Crippen LogP contribution in [0, 0.1) is 11.6 Å². The molecular formula is C25H27F2N5O11P2. The van der Waals surface area contributed by atoms with Crippen molar-refractivity contribution in [3.63, 3.8) is 0 Å². The molecule has 16 nitrogen and oxygen atoms in total. The van der Waals surface area contributed by atoms with Gasteiger partial charge in [0.05, 0.1) is 19.5 Å². The molecule has 45 heavy (non-hydrogen) atoms. The van der Waals surface area contributed by atoms with Gasteiger partial charge in [-0.15, -0.1) is 0 Å². The summed E-state index contributed by atoms with van der Waals surface area (Å²) < 4.78 is 72.5. The summed E-state index contributed by atoms with van der Waals surface area (Å²) in [7, 11) is -10.5. The molecule has 1 fully saturated rings. The average molecular weight is 673 g/mol. The number of nitrogens with two attached hydrogens (primary N) is 1. The number of phosphoric acid groups is 2. The van der Waals surface area contributed by atoms with Gasteiger partial charge in [-0.05, 0) is 41.8 Å². The van der Waals surface area contributed by atoms with Crippen LogP contribution in [-0.2, 0) is 27.2 Å². The van der Waals surface area contributed by atoms with Crippen molar-refractivity contribution in [3.8, 4) is 0 Å². The standard InChI is InChI=1S/C25H27F2N5O11P2/c26-15-5-1-13(2-6-15)17(14-3-7-16(27)8-4-14)9-10-40-44(36,37)43-45(38,39)41-11-18-20(33)21(34)24(42-18)32-12-29-19-22(32)30-25(28)31-23(19)35/h1-8,12,17-18,20-21,24,33-34H,9-11H2,(H,36,37)(H,38,39)(H3,28,30,31,35)/t18-,20-,21-,24-/m1/s1. The van der Waals surface area contributed by atoms with Gasteiger partial charge in [0.1, 0.15) is 29.9 Å². The number of nitrogens with one attached hydrogen (secondary N) is 1. The zero-order valence-electron chi connectivity index (χ0n) is 22.9. The van der Waals surface area contributed by atoms with Crippen LogP contribution in [0.1, 0.15) is 29.7 Å². The second kappa shape index (κ2) is 13.1. The molecule has 5 rings (SSSR count). The molecule has 2 aromatic carbocycles. The Balaban J connectivity index is 1.19. The van der Waals surface area contributed by atoms with Gasteiger partial charge in [0.2, 0.25) is 5.95 Å². The molecule has 4 aromatic rings. The van der Waals surface area contributed by atoms with E-state index in [1.807, 2.05) is 0 Å². The first-order valence-corrected chi connectivity index (χ1v) is 16.1. The molecule has 1 saturated heterocycles. The van der Waals surface area contributed by atoms with Crippen LogP contribution in [-0.4, -0.2) is 71.0 Å². The molecule has 20 heteroatoms. The lowest BCUT2D eigenvalue weighted by Gasteiger charge is -2.21. The monoisotopic (exact) mass is 673 g/mol. The van der Waals surface area contributed by atoms with E-state index in [4.69, 9.17) is 19.5 Å². The van der Waals surface area contributed by atoms with Crippen molar-refractivity contribution in [1.29, 1.82) is 0 Å². The number of anilines is 1. The number of nitrogen functional groups attached to an aromatic ring is 1. The molecule has 0 radical (unpaired) electrons. The first-order chi connectivity index (χ1) is 21.2. The Hall–Kier alpha value is -3.41. The largest absolute Gasteiger partial charge is 0.481 e. The summed E-state index contributed by atoms with van der Waals surface area (Å²) in [6.45, 7) is -1.39. The van der Waals surface area contributed by atoms with Gasteiger partial charge in [-0.3, -0.25) is 23.4 Å². The molecule has 7 N–H and O–H groups in total. The van der Waals surface area contributed by atoms with Crippen LogP contribution in [0.15, 0.2) is 59.7 Å². The first kappa shape index (κ1) is 33.0. The SMILES string of the molecule is Nc1nc2c(ncn2[C@@H]2O[C@H](COP(=O)(O)OP(=O)(O)OCCC(c3ccc(F)cc3)c3ccc(F)cc3)[C@@H](O)[C@H]2O)c(=O)[nH]1. The van der Waals surface area contributed by atoms with Gasteiger partial charge in [0.15, 0.2) is 17.4 Å². The number of halogens is 2. The van der Waals surface area contributed by atoms with Crippen LogP contribution in [0.3, 0.4) is 0 Å². The number of phosphoric ester groups is 2. The van der Waals surface area contributed by atoms with E-state index in [0.29, 0.717) is 11.1 Å². The van der Waals surface area contributed by atoms with E-state index in [1.165, 1.54) is 48.5 Å². The summed E-state index contributed by atoms with van der Waals surface area (Å²) in [5.74, 6) is -1.78. The van der Waals surface area contributed by atoms with Gasteiger partial charge in [-0.2, -0.15) is 9.29 Å². The van der Waals surface area contributed by atoms with Crippen molar-refractivity contribution in [2.45, 2.75) is 36.9 Å². The smallest absolute Gasteiger partial charge is 0.387 e. The lowest BCUT2D eigenvalue weighted by atomic mass is 9.89. The Labute approximate surface area is 252 Å². The van der Waals surface area contributed by atoms with Crippen molar-refractivity contribution >= 4 is 32.8 Å². The molecule has 2 aromatic heterocycles. The number of aromatic nitrogens is 4. The maximum atomic E-state index is 13.5. The number of ether oxygens (including phenoxy) is 1. The number of fused-ring (bicyclic) bond motifs is 1. The Kier molecular flexibility index (Phi) is 9.62. The number of hydrogen-bond acceptors (Lipinski definition) is 12. The number of H-pyrrole nitrogens is 1. The zero-order chi connectivity index (χ0) is 32.5. The van der Waals surface area contributed by atoms with E-state index in [1.54, 1.807) is 0 Å². The minimum Gasteiger partial charge on any atom is -0.387 e. The van der Waals surface area contributed by atoms with E-state index < -0.39 is 76.5 Å². The molecule has 0 saturated carbocycles. The minimum atomic E-state index is -5.32. The first-order valence-electron chi connectivity index (χ1n) is 13.1. The molecule has 0 spiro atoms. The summed E-state index contributed by atoms with van der Waals surface area (Å²) >= 11 is 0. The highest BCUT2D eigenvalue weighted by atomic mass is 31.3. The Bertz CT molecular complexity index is 1760. The fourth-order valence-electron chi connectivity index (χ4n) is 4.77. The Morgan fingerprint density at radius 2 is 1.56 bits per heavy atom. The maximum absolute atomic E-state index is 13.5. The van der Waals surface area contributed by atoms with Gasteiger partial charge in [-0.25, -0.2) is 22.9 Å². The highest BCUT2D eigenvalue weighted by Gasteiger charge is 2.46. The summed E-state index contributed by atoms with van der Waals surface area (Å²) in [6, 6.07) is 10.8. The normalized spacial score (nSPS) is 22.9. The summed E-state index contributed by atoms with van der Waals surface area (Å²) in [5.41, 5.74) is 5.85. The van der Waals surface area contributed by atoms with Crippen LogP contribution in [0.2, 0.25) is 0 Å². The van der Waals surface area contributed by atoms with Crippen LogP contribution < -0.4 is 11.3 Å².